The van der Waals surface area contributed by atoms with Crippen LogP contribution in [0.2, 0.25) is 5.02 Å². The van der Waals surface area contributed by atoms with Crippen LogP contribution in [-0.4, -0.2) is 42.7 Å². The molecule has 4 aromatic rings. The maximum absolute atomic E-state index is 13.5. The lowest BCUT2D eigenvalue weighted by Crippen LogP contribution is -2.28. The molecular formula is C24H24ClN5O2. The third kappa shape index (κ3) is 4.03. The van der Waals surface area contributed by atoms with Crippen LogP contribution in [0.15, 0.2) is 48.7 Å². The average molecular weight is 450 g/mol. The molecule has 0 saturated heterocycles. The highest BCUT2D eigenvalue weighted by molar-refractivity contribution is 6.31. The van der Waals surface area contributed by atoms with Gasteiger partial charge in [-0.05, 0) is 51.1 Å². The van der Waals surface area contributed by atoms with E-state index in [0.717, 1.165) is 11.3 Å². The monoisotopic (exact) mass is 449 g/mol. The summed E-state index contributed by atoms with van der Waals surface area (Å²) in [6, 6.07) is 12.2. The van der Waals surface area contributed by atoms with Crippen LogP contribution in [0.25, 0.3) is 22.3 Å². The second-order valence-corrected chi connectivity index (χ2v) is 8.47. The van der Waals surface area contributed by atoms with Gasteiger partial charge in [0.2, 0.25) is 0 Å². The van der Waals surface area contributed by atoms with Gasteiger partial charge in [0.1, 0.15) is 11.4 Å². The third-order valence-corrected chi connectivity index (χ3v) is 5.63. The minimum Gasteiger partial charge on any atom is -0.507 e. The van der Waals surface area contributed by atoms with Gasteiger partial charge in [0.25, 0.3) is 5.91 Å². The number of aromatic nitrogens is 4. The number of carbonyl (C=O) groups excluding carboxylic acids is 1. The number of phenolic OH excluding ortho intramolecular Hbond substituents is 1. The van der Waals surface area contributed by atoms with Gasteiger partial charge in [-0.25, -0.2) is 9.97 Å². The van der Waals surface area contributed by atoms with Crippen molar-refractivity contribution in [3.05, 3.63) is 70.6 Å². The summed E-state index contributed by atoms with van der Waals surface area (Å²) in [6.45, 7) is 6.51. The molecule has 0 radical (unpaired) electrons. The van der Waals surface area contributed by atoms with Crippen molar-refractivity contribution in [2.24, 2.45) is 0 Å². The summed E-state index contributed by atoms with van der Waals surface area (Å²) < 4.78 is 1.93. The van der Waals surface area contributed by atoms with Crippen LogP contribution in [0, 0.1) is 6.92 Å². The van der Waals surface area contributed by atoms with Crippen LogP contribution < -0.4 is 0 Å². The first-order chi connectivity index (χ1) is 15.3. The second-order valence-electron chi connectivity index (χ2n) is 8.03. The Morgan fingerprint density at radius 1 is 1.19 bits per heavy atom. The van der Waals surface area contributed by atoms with E-state index in [1.54, 1.807) is 60.6 Å². The highest BCUT2D eigenvalue weighted by Gasteiger charge is 2.22. The van der Waals surface area contributed by atoms with Gasteiger partial charge in [0.05, 0.1) is 17.3 Å². The number of halogens is 1. The lowest BCUT2D eigenvalue weighted by Gasteiger charge is -2.18. The number of hydrogen-bond donors (Lipinski definition) is 1. The number of carbonyl (C=O) groups is 1. The number of amides is 1. The fraction of sp³-hybridized carbons (Fsp3) is 0.250. The van der Waals surface area contributed by atoms with Crippen LogP contribution in [0.4, 0.5) is 0 Å². The smallest absolute Gasteiger partial charge is 0.273 e. The zero-order valence-corrected chi connectivity index (χ0v) is 19.1. The zero-order chi connectivity index (χ0) is 23.0. The molecule has 8 heteroatoms. The number of fused-ring (bicyclic) bond motifs is 1. The van der Waals surface area contributed by atoms with Crippen LogP contribution in [0.1, 0.15) is 41.6 Å². The Labute approximate surface area is 191 Å². The molecule has 4 rings (SSSR count). The number of phenols is 1. The van der Waals surface area contributed by atoms with Gasteiger partial charge < -0.3 is 10.0 Å². The Morgan fingerprint density at radius 2 is 1.94 bits per heavy atom. The van der Waals surface area contributed by atoms with Crippen molar-refractivity contribution >= 4 is 28.4 Å². The molecule has 0 fully saturated rings. The molecule has 0 spiro atoms. The van der Waals surface area contributed by atoms with Crippen molar-refractivity contribution in [2.75, 3.05) is 7.05 Å². The number of rotatable bonds is 5. The lowest BCUT2D eigenvalue weighted by atomic mass is 10.1. The van der Waals surface area contributed by atoms with E-state index in [2.05, 4.69) is 28.9 Å². The fourth-order valence-electron chi connectivity index (χ4n) is 3.69. The first kappa shape index (κ1) is 21.8. The van der Waals surface area contributed by atoms with E-state index in [-0.39, 0.29) is 29.2 Å². The lowest BCUT2D eigenvalue weighted by molar-refractivity contribution is 0.0781. The predicted molar refractivity (Wildman–Crippen MR) is 125 cm³/mol. The average Bonchev–Trinajstić information content (AvgIpc) is 3.13. The van der Waals surface area contributed by atoms with Crippen molar-refractivity contribution in [1.82, 2.24) is 24.6 Å². The maximum Gasteiger partial charge on any atom is 0.273 e. The maximum atomic E-state index is 13.5. The predicted octanol–water partition coefficient (Wildman–Crippen LogP) is 5.01. The molecule has 32 heavy (non-hydrogen) atoms. The Kier molecular flexibility index (Phi) is 5.84. The molecule has 0 unspecified atom stereocenters. The second kappa shape index (κ2) is 8.59. The van der Waals surface area contributed by atoms with Crippen LogP contribution in [-0.2, 0) is 6.54 Å². The molecule has 0 atom stereocenters. The summed E-state index contributed by atoms with van der Waals surface area (Å²) in [5.41, 5.74) is 3.24. The van der Waals surface area contributed by atoms with Crippen molar-refractivity contribution < 1.29 is 9.90 Å². The first-order valence-electron chi connectivity index (χ1n) is 10.3. The van der Waals surface area contributed by atoms with Gasteiger partial charge in [0, 0.05) is 41.3 Å². The quantitative estimate of drug-likeness (QED) is 0.462. The summed E-state index contributed by atoms with van der Waals surface area (Å²) >= 11 is 6.21. The SMILES string of the molecule is Cc1c(CN(C)C(=O)c2nc(-c3ccccc3O)nc3ccc(Cl)cc23)cnn1C(C)C. The normalized spacial score (nSPS) is 11.3. The van der Waals surface area contributed by atoms with E-state index < -0.39 is 0 Å². The molecular weight excluding hydrogens is 426 g/mol. The zero-order valence-electron chi connectivity index (χ0n) is 18.4. The molecule has 1 amide bonds. The topological polar surface area (TPSA) is 84.1 Å². The number of hydrogen-bond acceptors (Lipinski definition) is 5. The number of aromatic hydroxyl groups is 1. The summed E-state index contributed by atoms with van der Waals surface area (Å²) in [7, 11) is 1.73. The van der Waals surface area contributed by atoms with Gasteiger partial charge in [-0.1, -0.05) is 23.7 Å². The molecule has 1 N–H and O–H groups in total. The Morgan fingerprint density at radius 3 is 2.62 bits per heavy atom. The van der Waals surface area contributed by atoms with Gasteiger partial charge >= 0.3 is 0 Å². The van der Waals surface area contributed by atoms with Crippen LogP contribution in [0.3, 0.4) is 0 Å². The molecule has 0 aliphatic rings. The van der Waals surface area contributed by atoms with Crippen molar-refractivity contribution in [2.45, 2.75) is 33.4 Å². The molecule has 0 aliphatic carbocycles. The minimum atomic E-state index is -0.270. The molecule has 2 heterocycles. The van der Waals surface area contributed by atoms with E-state index in [1.165, 1.54) is 0 Å². The molecule has 2 aromatic carbocycles. The van der Waals surface area contributed by atoms with Crippen molar-refractivity contribution in [3.8, 4) is 17.1 Å². The van der Waals surface area contributed by atoms with E-state index in [9.17, 15) is 9.90 Å². The van der Waals surface area contributed by atoms with E-state index >= 15 is 0 Å². The number of nitrogens with zero attached hydrogens (tertiary/aromatic N) is 5. The number of para-hydroxylation sites is 1. The van der Waals surface area contributed by atoms with E-state index in [4.69, 9.17) is 11.6 Å². The summed E-state index contributed by atoms with van der Waals surface area (Å²) in [6.07, 6.45) is 1.79. The minimum absolute atomic E-state index is 0.0456. The van der Waals surface area contributed by atoms with Gasteiger partial charge in [-0.15, -0.1) is 0 Å². The molecule has 0 aliphatic heterocycles. The number of benzene rings is 2. The Balaban J connectivity index is 1.77. The largest absolute Gasteiger partial charge is 0.507 e. The van der Waals surface area contributed by atoms with E-state index in [1.807, 2.05) is 11.6 Å². The van der Waals surface area contributed by atoms with Crippen LogP contribution in [0.5, 0.6) is 5.75 Å². The van der Waals surface area contributed by atoms with E-state index in [0.29, 0.717) is 28.0 Å². The van der Waals surface area contributed by atoms with Gasteiger partial charge in [-0.2, -0.15) is 5.10 Å². The van der Waals surface area contributed by atoms with Crippen molar-refractivity contribution in [1.29, 1.82) is 0 Å². The molecule has 0 saturated carbocycles. The van der Waals surface area contributed by atoms with Gasteiger partial charge in [-0.3, -0.25) is 9.48 Å². The highest BCUT2D eigenvalue weighted by atomic mass is 35.5. The summed E-state index contributed by atoms with van der Waals surface area (Å²) in [5, 5.41) is 15.8. The van der Waals surface area contributed by atoms with Crippen LogP contribution >= 0.6 is 11.6 Å². The molecule has 164 valence electrons. The first-order valence-corrected chi connectivity index (χ1v) is 10.7. The Hall–Kier alpha value is -3.45. The highest BCUT2D eigenvalue weighted by Crippen LogP contribution is 2.30. The van der Waals surface area contributed by atoms with Gasteiger partial charge in [0.15, 0.2) is 5.82 Å². The standard InChI is InChI=1S/C24H24ClN5O2/c1-14(2)30-15(3)16(12-26-30)13-29(4)24(32)22-19-11-17(25)9-10-20(19)27-23(28-22)18-7-5-6-8-21(18)31/h5-12,14,31H,13H2,1-4H3. The third-order valence-electron chi connectivity index (χ3n) is 5.40. The molecule has 0 bridgehead atoms. The molecule has 7 nitrogen and oxygen atoms in total. The molecule has 2 aromatic heterocycles. The van der Waals surface area contributed by atoms with Crippen molar-refractivity contribution in [3.63, 3.8) is 0 Å². The fourth-order valence-corrected chi connectivity index (χ4v) is 3.86. The summed E-state index contributed by atoms with van der Waals surface area (Å²) in [5.74, 6) is 0.0517. The summed E-state index contributed by atoms with van der Waals surface area (Å²) in [4.78, 5) is 24.2. The Bertz CT molecular complexity index is 1320.